The zero-order valence-electron chi connectivity index (χ0n) is 14.8. The molecule has 2 aliphatic carbocycles. The number of hydrogen-bond donors (Lipinski definition) is 1. The van der Waals surface area contributed by atoms with Gasteiger partial charge in [0.05, 0.1) is 16.9 Å². The number of aryl methyl sites for hydroxylation is 1. The lowest BCUT2D eigenvalue weighted by Gasteiger charge is -2.47. The largest absolute Gasteiger partial charge is 0.468 e. The SMILES string of the molecule is CC1=CCCC2(C)C(=O)C(Cl)=CC(C)(O)C2Cc2c(C)coc2C1. The first-order valence-electron chi connectivity index (χ1n) is 8.52. The van der Waals surface area contributed by atoms with Crippen molar-refractivity contribution >= 4 is 17.4 Å². The van der Waals surface area contributed by atoms with E-state index >= 15 is 0 Å². The highest BCUT2D eigenvalue weighted by molar-refractivity contribution is 6.43. The highest BCUT2D eigenvalue weighted by Gasteiger charge is 2.52. The average molecular weight is 349 g/mol. The van der Waals surface area contributed by atoms with Crippen molar-refractivity contribution in [1.29, 1.82) is 0 Å². The van der Waals surface area contributed by atoms with Crippen LogP contribution in [0.25, 0.3) is 0 Å². The van der Waals surface area contributed by atoms with Gasteiger partial charge in [-0.25, -0.2) is 0 Å². The monoisotopic (exact) mass is 348 g/mol. The van der Waals surface area contributed by atoms with Crippen LogP contribution in [0.15, 0.2) is 33.4 Å². The van der Waals surface area contributed by atoms with Crippen molar-refractivity contribution in [3.8, 4) is 0 Å². The predicted molar refractivity (Wildman–Crippen MR) is 95.0 cm³/mol. The maximum absolute atomic E-state index is 12.9. The summed E-state index contributed by atoms with van der Waals surface area (Å²) in [4.78, 5) is 12.9. The third kappa shape index (κ3) is 2.78. The van der Waals surface area contributed by atoms with Crippen LogP contribution in [0.5, 0.6) is 0 Å². The normalized spacial score (nSPS) is 34.1. The van der Waals surface area contributed by atoms with Gasteiger partial charge < -0.3 is 9.52 Å². The molecule has 3 nitrogen and oxygen atoms in total. The molecular weight excluding hydrogens is 324 g/mol. The minimum atomic E-state index is -1.13. The van der Waals surface area contributed by atoms with Gasteiger partial charge in [0.15, 0.2) is 5.78 Å². The number of rotatable bonds is 0. The highest BCUT2D eigenvalue weighted by atomic mass is 35.5. The first-order valence-corrected chi connectivity index (χ1v) is 8.90. The number of Topliss-reactive ketones (excluding diaryl/α,β-unsaturated/α-hetero) is 1. The van der Waals surface area contributed by atoms with Crippen LogP contribution in [0.2, 0.25) is 0 Å². The molecule has 1 aromatic rings. The molecule has 3 atom stereocenters. The Morgan fingerprint density at radius 3 is 2.75 bits per heavy atom. The van der Waals surface area contributed by atoms with Crippen molar-refractivity contribution in [2.24, 2.45) is 11.3 Å². The number of carbonyl (C=O) groups excluding carboxylic acids is 1. The Balaban J connectivity index is 2.16. The molecule has 0 saturated carbocycles. The van der Waals surface area contributed by atoms with E-state index in [9.17, 15) is 9.90 Å². The van der Waals surface area contributed by atoms with Gasteiger partial charge in [-0.1, -0.05) is 30.2 Å². The molecule has 1 aromatic heterocycles. The molecule has 3 unspecified atom stereocenters. The Bertz CT molecular complexity index is 738. The van der Waals surface area contributed by atoms with E-state index in [1.807, 2.05) is 13.8 Å². The Hall–Kier alpha value is -1.32. The molecule has 2 aliphatic rings. The third-order valence-electron chi connectivity index (χ3n) is 5.82. The summed E-state index contributed by atoms with van der Waals surface area (Å²) in [5.41, 5.74) is 1.61. The lowest BCUT2D eigenvalue weighted by molar-refractivity contribution is -0.135. The molecular formula is C20H25ClO3. The zero-order chi connectivity index (χ0) is 17.7. The van der Waals surface area contributed by atoms with Gasteiger partial charge in [-0.2, -0.15) is 0 Å². The van der Waals surface area contributed by atoms with Crippen LogP contribution in [-0.4, -0.2) is 16.5 Å². The van der Waals surface area contributed by atoms with E-state index in [2.05, 4.69) is 13.0 Å². The van der Waals surface area contributed by atoms with Gasteiger partial charge in [-0.15, -0.1) is 0 Å². The average Bonchev–Trinajstić information content (AvgIpc) is 2.82. The second-order valence-corrected chi connectivity index (χ2v) is 8.21. The molecule has 0 bridgehead atoms. The summed E-state index contributed by atoms with van der Waals surface area (Å²) in [6, 6.07) is 0. The number of furan rings is 1. The number of ketones is 1. The van der Waals surface area contributed by atoms with Crippen molar-refractivity contribution in [2.75, 3.05) is 0 Å². The van der Waals surface area contributed by atoms with E-state index in [4.69, 9.17) is 16.0 Å². The van der Waals surface area contributed by atoms with Crippen molar-refractivity contribution in [2.45, 2.75) is 59.0 Å². The number of aliphatic hydroxyl groups is 1. The summed E-state index contributed by atoms with van der Waals surface area (Å²) < 4.78 is 5.77. The second kappa shape index (κ2) is 5.89. The van der Waals surface area contributed by atoms with Crippen LogP contribution in [0.1, 0.15) is 50.5 Å². The third-order valence-corrected chi connectivity index (χ3v) is 6.10. The van der Waals surface area contributed by atoms with Crippen LogP contribution < -0.4 is 0 Å². The van der Waals surface area contributed by atoms with Crippen LogP contribution in [0.3, 0.4) is 0 Å². The number of fused-ring (bicyclic) bond motifs is 2. The number of halogens is 1. The van der Waals surface area contributed by atoms with E-state index in [-0.39, 0.29) is 16.7 Å². The first-order chi connectivity index (χ1) is 11.1. The molecule has 3 rings (SSSR count). The molecule has 0 saturated heterocycles. The molecule has 0 aromatic carbocycles. The Morgan fingerprint density at radius 2 is 2.04 bits per heavy atom. The lowest BCUT2D eigenvalue weighted by atomic mass is 9.59. The van der Waals surface area contributed by atoms with Gasteiger partial charge in [-0.3, -0.25) is 4.79 Å². The molecule has 0 aliphatic heterocycles. The maximum Gasteiger partial charge on any atom is 0.180 e. The number of carbonyl (C=O) groups is 1. The van der Waals surface area contributed by atoms with E-state index in [1.165, 1.54) is 11.6 Å². The van der Waals surface area contributed by atoms with Crippen molar-refractivity contribution in [3.05, 3.63) is 45.9 Å². The number of hydrogen-bond acceptors (Lipinski definition) is 3. The van der Waals surface area contributed by atoms with E-state index < -0.39 is 11.0 Å². The highest BCUT2D eigenvalue weighted by Crippen LogP contribution is 2.49. The minimum absolute atomic E-state index is 0.0602. The molecule has 1 heterocycles. The van der Waals surface area contributed by atoms with Gasteiger partial charge >= 0.3 is 0 Å². The lowest BCUT2D eigenvalue weighted by Crippen LogP contribution is -2.52. The van der Waals surface area contributed by atoms with Gasteiger partial charge in [0, 0.05) is 17.8 Å². The second-order valence-electron chi connectivity index (χ2n) is 7.81. The van der Waals surface area contributed by atoms with Gasteiger partial charge in [0.25, 0.3) is 0 Å². The summed E-state index contributed by atoms with van der Waals surface area (Å²) in [5.74, 6) is 0.645. The first kappa shape index (κ1) is 17.5. The molecule has 0 radical (unpaired) electrons. The Kier molecular flexibility index (Phi) is 4.29. The van der Waals surface area contributed by atoms with Gasteiger partial charge in [0.1, 0.15) is 5.76 Å². The molecule has 1 N–H and O–H groups in total. The fourth-order valence-electron chi connectivity index (χ4n) is 4.31. The standard InChI is InChI=1S/C20H25ClO3/c1-12-6-5-7-19(3)17(20(4,23)10-15(21)18(19)22)9-14-13(2)11-24-16(14)8-12/h6,10-11,17,23H,5,7-9H2,1-4H3. The zero-order valence-corrected chi connectivity index (χ0v) is 15.5. The fraction of sp³-hybridized carbons (Fsp3) is 0.550. The summed E-state index contributed by atoms with van der Waals surface area (Å²) in [5, 5.41) is 11.2. The fourth-order valence-corrected chi connectivity index (χ4v) is 4.75. The molecule has 4 heteroatoms. The van der Waals surface area contributed by atoms with E-state index in [0.717, 1.165) is 29.7 Å². The molecule has 0 fully saturated rings. The van der Waals surface area contributed by atoms with Crippen molar-refractivity contribution in [3.63, 3.8) is 0 Å². The van der Waals surface area contributed by atoms with Gasteiger partial charge in [-0.05, 0) is 57.2 Å². The Morgan fingerprint density at radius 1 is 1.33 bits per heavy atom. The van der Waals surface area contributed by atoms with Crippen LogP contribution in [0.4, 0.5) is 0 Å². The summed E-state index contributed by atoms with van der Waals surface area (Å²) >= 11 is 6.18. The van der Waals surface area contributed by atoms with Crippen LogP contribution in [0, 0.1) is 18.3 Å². The minimum Gasteiger partial charge on any atom is -0.468 e. The van der Waals surface area contributed by atoms with Crippen LogP contribution in [-0.2, 0) is 17.6 Å². The number of allylic oxidation sites excluding steroid dienone is 3. The maximum atomic E-state index is 12.9. The van der Waals surface area contributed by atoms with E-state index in [1.54, 1.807) is 13.2 Å². The van der Waals surface area contributed by atoms with Gasteiger partial charge in [0.2, 0.25) is 0 Å². The summed E-state index contributed by atoms with van der Waals surface area (Å²) in [7, 11) is 0. The quantitative estimate of drug-likeness (QED) is 0.703. The Labute approximate surface area is 148 Å². The smallest absolute Gasteiger partial charge is 0.180 e. The predicted octanol–water partition coefficient (Wildman–Crippen LogP) is 4.49. The molecule has 24 heavy (non-hydrogen) atoms. The van der Waals surface area contributed by atoms with Crippen molar-refractivity contribution in [1.82, 2.24) is 0 Å². The summed E-state index contributed by atoms with van der Waals surface area (Å²) in [6.45, 7) is 7.82. The molecule has 130 valence electrons. The van der Waals surface area contributed by atoms with E-state index in [0.29, 0.717) is 12.8 Å². The molecule has 0 spiro atoms. The van der Waals surface area contributed by atoms with Crippen molar-refractivity contribution < 1.29 is 14.3 Å². The molecule has 0 amide bonds. The van der Waals surface area contributed by atoms with Crippen LogP contribution >= 0.6 is 11.6 Å². The summed E-state index contributed by atoms with van der Waals surface area (Å²) in [6.07, 6.45) is 8.32. The topological polar surface area (TPSA) is 50.4 Å².